The van der Waals surface area contributed by atoms with Crippen LogP contribution in [0.2, 0.25) is 0 Å². The van der Waals surface area contributed by atoms with Crippen LogP contribution in [0, 0.1) is 0 Å². The fourth-order valence-electron chi connectivity index (χ4n) is 0.666. The zero-order valence-corrected chi connectivity index (χ0v) is 19.7. The van der Waals surface area contributed by atoms with Crippen LogP contribution in [0.1, 0.15) is 0 Å². The number of hydrogen-bond acceptors (Lipinski definition) is 4. The number of carboxylic acid groups (broad SMARTS) is 1. The van der Waals surface area contributed by atoms with Crippen molar-refractivity contribution in [3.05, 3.63) is 36.0 Å². The summed E-state index contributed by atoms with van der Waals surface area (Å²) in [5.41, 5.74) is 0.859. The minimum Gasteiger partial charge on any atom is -0.854 e. The van der Waals surface area contributed by atoms with E-state index in [2.05, 4.69) is 6.58 Å². The topological polar surface area (TPSA) is 106 Å². The Morgan fingerprint density at radius 3 is 1.75 bits per heavy atom. The molecule has 1 aliphatic rings. The standard InChI is InChI=1S/C7H6O2.3K.O3P/c1-5-3-2-4-6(5)7(8)9;;;;1-4(2)3/h2-4H,1H2,(H,8,9);;;;/q;3*+1;-3. The van der Waals surface area contributed by atoms with E-state index in [0.717, 1.165) is 0 Å². The summed E-state index contributed by atoms with van der Waals surface area (Å²) in [5.74, 6) is -0.912. The molecule has 0 aromatic carbocycles. The zero-order valence-electron chi connectivity index (χ0n) is 9.47. The molecule has 1 aliphatic carbocycles. The van der Waals surface area contributed by atoms with Gasteiger partial charge in [0.15, 0.2) is 0 Å². The molecule has 0 amide bonds. The molecule has 0 bridgehead atoms. The molecule has 0 saturated heterocycles. The summed E-state index contributed by atoms with van der Waals surface area (Å²) in [6, 6.07) is 0. The molecule has 0 aliphatic heterocycles. The summed E-state index contributed by atoms with van der Waals surface area (Å²) in [4.78, 5) is 35.7. The Bertz CT molecular complexity index is 274. The van der Waals surface area contributed by atoms with Crippen molar-refractivity contribution in [1.29, 1.82) is 0 Å². The van der Waals surface area contributed by atoms with E-state index >= 15 is 0 Å². The molecule has 9 heteroatoms. The van der Waals surface area contributed by atoms with E-state index in [-0.39, 0.29) is 160 Å². The van der Waals surface area contributed by atoms with Gasteiger partial charge in [-0.3, -0.25) is 0 Å². The van der Waals surface area contributed by atoms with Gasteiger partial charge in [0.1, 0.15) is 0 Å². The number of carbonyl (C=O) groups is 1. The summed E-state index contributed by atoms with van der Waals surface area (Å²) >= 11 is 0. The average Bonchev–Trinajstić information content (AvgIpc) is 2.33. The van der Waals surface area contributed by atoms with Crippen molar-refractivity contribution in [2.24, 2.45) is 0 Å². The molecule has 0 atom stereocenters. The second-order valence-corrected chi connectivity index (χ2v) is 2.44. The normalized spacial score (nSPS) is 11.2. The molecule has 0 saturated carbocycles. The Hall–Kier alpha value is 3.91. The molecule has 0 radical (unpaired) electrons. The Kier molecular flexibility index (Phi) is 29.8. The fourth-order valence-corrected chi connectivity index (χ4v) is 0.666. The van der Waals surface area contributed by atoms with E-state index in [9.17, 15) is 4.79 Å². The van der Waals surface area contributed by atoms with E-state index in [1.165, 1.54) is 6.08 Å². The van der Waals surface area contributed by atoms with Gasteiger partial charge in [0.25, 0.3) is 0 Å². The predicted molar refractivity (Wildman–Crippen MR) is 40.9 cm³/mol. The van der Waals surface area contributed by atoms with E-state index in [1.807, 2.05) is 0 Å². The molecule has 0 fully saturated rings. The molecule has 5 nitrogen and oxygen atoms in total. The van der Waals surface area contributed by atoms with Gasteiger partial charge in [0.05, 0.1) is 5.57 Å². The zero-order chi connectivity index (χ0) is 10.4. The predicted octanol–water partition coefficient (Wildman–Crippen LogP) is -10.6. The van der Waals surface area contributed by atoms with Gasteiger partial charge in [-0.1, -0.05) is 18.7 Å². The van der Waals surface area contributed by atoms with Gasteiger partial charge in [0.2, 0.25) is 0 Å². The third-order valence-electron chi connectivity index (χ3n) is 1.14. The monoisotopic (exact) mass is 318 g/mol. The Balaban J connectivity index is -0.0000000921. The first kappa shape index (κ1) is 28.1. The summed E-state index contributed by atoms with van der Waals surface area (Å²) in [7, 11) is -3.37. The van der Waals surface area contributed by atoms with E-state index in [1.54, 1.807) is 12.2 Å². The summed E-state index contributed by atoms with van der Waals surface area (Å²) in [6.45, 7) is 3.52. The minimum absolute atomic E-state index is 0. The second kappa shape index (κ2) is 17.0. The third-order valence-corrected chi connectivity index (χ3v) is 1.14. The molecule has 0 aromatic rings. The van der Waals surface area contributed by atoms with Crippen molar-refractivity contribution >= 4 is 14.6 Å². The molecule has 16 heavy (non-hydrogen) atoms. The Labute approximate surface area is 223 Å². The van der Waals surface area contributed by atoms with Crippen molar-refractivity contribution in [3.8, 4) is 0 Å². The van der Waals surface area contributed by atoms with Crippen LogP contribution in [0.15, 0.2) is 36.0 Å². The molecule has 1 N–H and O–H groups in total. The van der Waals surface area contributed by atoms with Crippen LogP contribution in [0.3, 0.4) is 0 Å². The molecular weight excluding hydrogens is 312 g/mol. The van der Waals surface area contributed by atoms with Crippen molar-refractivity contribution in [2.75, 3.05) is 0 Å². The van der Waals surface area contributed by atoms with Gasteiger partial charge in [-0.2, -0.15) is 0 Å². The number of hydrogen-bond donors (Lipinski definition) is 1. The van der Waals surface area contributed by atoms with Gasteiger partial charge in [-0.05, 0) is 11.6 Å². The molecular formula is C7H6K3O5P. The van der Waals surface area contributed by atoms with E-state index < -0.39 is 14.6 Å². The number of rotatable bonds is 1. The van der Waals surface area contributed by atoms with Gasteiger partial charge < -0.3 is 28.4 Å². The largest absolute Gasteiger partial charge is 1.00 e. The SMILES string of the molecule is C=C1C=CC=C1C(=O)O.[K+].[K+].[K+].[O-]P([O-])[O-]. The molecule has 0 unspecified atom stereocenters. The van der Waals surface area contributed by atoms with Crippen LogP contribution in [-0.2, 0) is 4.79 Å². The second-order valence-electron chi connectivity index (χ2n) is 1.99. The maximum atomic E-state index is 10.2. The van der Waals surface area contributed by atoms with Gasteiger partial charge in [-0.15, -0.1) is 0 Å². The molecule has 0 heterocycles. The smallest absolute Gasteiger partial charge is 0.854 e. The van der Waals surface area contributed by atoms with Crippen LogP contribution in [0.4, 0.5) is 0 Å². The van der Waals surface area contributed by atoms with Gasteiger partial charge in [0, 0.05) is 0 Å². The Morgan fingerprint density at radius 1 is 1.25 bits per heavy atom. The maximum absolute atomic E-state index is 10.2. The summed E-state index contributed by atoms with van der Waals surface area (Å²) in [6.07, 6.45) is 4.87. The molecule has 72 valence electrons. The van der Waals surface area contributed by atoms with Crippen LogP contribution < -0.4 is 169 Å². The van der Waals surface area contributed by atoms with Crippen molar-refractivity contribution < 1.29 is 179 Å². The summed E-state index contributed by atoms with van der Waals surface area (Å²) in [5, 5.41) is 8.41. The van der Waals surface area contributed by atoms with Crippen molar-refractivity contribution in [3.63, 3.8) is 0 Å². The van der Waals surface area contributed by atoms with Crippen LogP contribution in [-0.4, -0.2) is 11.1 Å². The maximum Gasteiger partial charge on any atom is 1.00 e. The molecule has 0 aromatic heterocycles. The van der Waals surface area contributed by atoms with Gasteiger partial charge in [-0.25, -0.2) is 4.79 Å². The van der Waals surface area contributed by atoms with Crippen LogP contribution in [0.5, 0.6) is 0 Å². The van der Waals surface area contributed by atoms with Crippen molar-refractivity contribution in [1.82, 2.24) is 0 Å². The first-order chi connectivity index (χ1) is 5.95. The number of aliphatic carboxylic acids is 1. The average molecular weight is 318 g/mol. The van der Waals surface area contributed by atoms with E-state index in [0.29, 0.717) is 5.57 Å². The van der Waals surface area contributed by atoms with Crippen molar-refractivity contribution in [2.45, 2.75) is 0 Å². The third kappa shape index (κ3) is 16.0. The Morgan fingerprint density at radius 2 is 1.62 bits per heavy atom. The van der Waals surface area contributed by atoms with Crippen LogP contribution >= 0.6 is 8.60 Å². The fraction of sp³-hybridized carbons (Fsp3) is 0. The first-order valence-corrected chi connectivity index (χ1v) is 4.17. The van der Waals surface area contributed by atoms with E-state index in [4.69, 9.17) is 19.8 Å². The molecule has 1 rings (SSSR count). The number of carboxylic acids is 1. The van der Waals surface area contributed by atoms with Gasteiger partial charge >= 0.3 is 160 Å². The quantitative estimate of drug-likeness (QED) is 0.382. The van der Waals surface area contributed by atoms with Crippen LogP contribution in [0.25, 0.3) is 0 Å². The minimum atomic E-state index is -3.37. The summed E-state index contributed by atoms with van der Waals surface area (Å²) < 4.78 is 0. The number of allylic oxidation sites excluding steroid dienone is 3. The first-order valence-electron chi connectivity index (χ1n) is 3.07. The molecule has 0 spiro atoms.